The summed E-state index contributed by atoms with van der Waals surface area (Å²) in [6, 6.07) is 0. The van der Waals surface area contributed by atoms with Crippen molar-refractivity contribution in [2.45, 2.75) is 19.7 Å². The lowest BCUT2D eigenvalue weighted by molar-refractivity contribution is -0.141. The molecule has 15 heavy (non-hydrogen) atoms. The Labute approximate surface area is 99.1 Å². The van der Waals surface area contributed by atoms with Crippen molar-refractivity contribution < 1.29 is 19.1 Å². The van der Waals surface area contributed by atoms with E-state index in [0.29, 0.717) is 0 Å². The van der Waals surface area contributed by atoms with Gasteiger partial charge >= 0.3 is 5.97 Å². The van der Waals surface area contributed by atoms with E-state index in [1.807, 2.05) is 0 Å². The predicted molar refractivity (Wildman–Crippen MR) is 55.1 cm³/mol. The summed E-state index contributed by atoms with van der Waals surface area (Å²) in [7, 11) is 0. The van der Waals surface area contributed by atoms with Crippen LogP contribution in [0.5, 0.6) is 0 Å². The van der Waals surface area contributed by atoms with Crippen LogP contribution < -0.4 is 0 Å². The van der Waals surface area contributed by atoms with Crippen LogP contribution in [0.25, 0.3) is 0 Å². The van der Waals surface area contributed by atoms with Crippen LogP contribution in [0.15, 0.2) is 12.5 Å². The van der Waals surface area contributed by atoms with E-state index in [1.54, 1.807) is 0 Å². The molecule has 0 saturated carbocycles. The highest BCUT2D eigenvalue weighted by Crippen LogP contribution is 2.27. The number of imidazole rings is 1. The van der Waals surface area contributed by atoms with Crippen molar-refractivity contribution in [3.63, 3.8) is 0 Å². The van der Waals surface area contributed by atoms with Crippen molar-refractivity contribution in [3.05, 3.63) is 18.2 Å². The van der Waals surface area contributed by atoms with Crippen LogP contribution in [-0.4, -0.2) is 22.1 Å². The van der Waals surface area contributed by atoms with Gasteiger partial charge in [0.05, 0.1) is 18.9 Å². The molecule has 0 N–H and O–H groups in total. The fourth-order valence-corrected chi connectivity index (χ4v) is 1.62. The molecule has 1 aromatic rings. The van der Waals surface area contributed by atoms with Crippen LogP contribution >= 0.6 is 0 Å². The van der Waals surface area contributed by atoms with Crippen LogP contribution in [-0.2, 0) is 22.9 Å². The molecule has 0 bridgehead atoms. The number of hydrogen-bond donors (Lipinski definition) is 0. The van der Waals surface area contributed by atoms with Crippen molar-refractivity contribution in [3.8, 4) is 0 Å². The summed E-state index contributed by atoms with van der Waals surface area (Å²) in [5.41, 5.74) is 0.240. The van der Waals surface area contributed by atoms with Gasteiger partial charge in [0, 0.05) is 34.4 Å². The van der Waals surface area contributed by atoms with E-state index in [-0.39, 0.29) is 18.7 Å². The predicted octanol–water partition coefficient (Wildman–Crippen LogP) is 1.16. The Kier molecular flexibility index (Phi) is 1.26. The number of ether oxygens (including phenoxy) is 1. The van der Waals surface area contributed by atoms with Crippen LogP contribution in [0, 0.1) is 11.8 Å². The summed E-state index contributed by atoms with van der Waals surface area (Å²) in [4.78, 5) is 15.5. The smallest absolute Gasteiger partial charge is 0.309 e. The minimum absolute atomic E-state index is 0.127. The van der Waals surface area contributed by atoms with E-state index >= 15 is 0 Å². The first-order chi connectivity index (χ1) is 9.92. The van der Waals surface area contributed by atoms with Gasteiger partial charge in [-0.15, -0.1) is 0 Å². The van der Waals surface area contributed by atoms with Crippen molar-refractivity contribution in [2.24, 2.45) is 18.8 Å². The second kappa shape index (κ2) is 4.04. The molecule has 2 atom stereocenters. The van der Waals surface area contributed by atoms with Crippen molar-refractivity contribution >= 4 is 5.97 Å². The maximum atomic E-state index is 11.8. The molecule has 1 fully saturated rings. The first-order valence-corrected chi connectivity index (χ1v) is 4.61. The summed E-state index contributed by atoms with van der Waals surface area (Å²) >= 11 is 0. The minimum atomic E-state index is -2.45. The number of aromatic nitrogens is 2. The van der Waals surface area contributed by atoms with Crippen molar-refractivity contribution in [1.29, 1.82) is 0 Å². The number of rotatable bonds is 3. The molecule has 1 aliphatic rings. The summed E-state index contributed by atoms with van der Waals surface area (Å²) in [5, 5.41) is 0. The molecular weight excluding hydrogens is 192 g/mol. The first-order valence-electron chi connectivity index (χ1n) is 8.11. The van der Waals surface area contributed by atoms with Gasteiger partial charge in [-0.2, -0.15) is 0 Å². The van der Waals surface area contributed by atoms with E-state index < -0.39 is 38.0 Å². The Morgan fingerprint density at radius 2 is 2.80 bits per heavy atom. The molecule has 2 heterocycles. The summed E-state index contributed by atoms with van der Waals surface area (Å²) in [5.74, 6) is -3.37. The molecule has 0 aliphatic carbocycles. The average molecular weight is 215 g/mol. The Hall–Kier alpha value is -1.32. The Morgan fingerprint density at radius 3 is 3.60 bits per heavy atom. The van der Waals surface area contributed by atoms with Gasteiger partial charge in [0.15, 0.2) is 0 Å². The fraction of sp³-hybridized carbons (Fsp3) is 0.636. The molecule has 0 unspecified atom stereocenters. The van der Waals surface area contributed by atoms with Crippen molar-refractivity contribution in [2.75, 3.05) is 6.61 Å². The summed E-state index contributed by atoms with van der Waals surface area (Å²) < 4.78 is 58.3. The molecule has 1 saturated heterocycles. The molecule has 82 valence electrons. The van der Waals surface area contributed by atoms with E-state index in [4.69, 9.17) is 14.3 Å². The standard InChI is InChI=1S/C11H16N2O2/c1-3-10-8(6-15-11(10)14)4-9-5-12-7-13(9)2/h5,7-8,10H,3-4,6H2,1-2H3/t8-,10-/m0/s1/i1D3,2D3,8D. The topological polar surface area (TPSA) is 44.1 Å². The molecule has 0 aromatic carbocycles. The van der Waals surface area contributed by atoms with Crippen molar-refractivity contribution in [1.82, 2.24) is 9.55 Å². The zero-order chi connectivity index (χ0) is 16.8. The van der Waals surface area contributed by atoms with Gasteiger partial charge in [0.1, 0.15) is 0 Å². The Bertz CT molecular complexity index is 566. The quantitative estimate of drug-likeness (QED) is 0.711. The number of aryl methyl sites for hydroxylation is 1. The fourth-order valence-electron chi connectivity index (χ4n) is 1.62. The Balaban J connectivity index is 2.27. The number of nitrogens with zero attached hydrogens (tertiary/aromatic N) is 2. The van der Waals surface area contributed by atoms with Gasteiger partial charge in [0.25, 0.3) is 0 Å². The maximum Gasteiger partial charge on any atom is 0.309 e. The zero-order valence-corrected chi connectivity index (χ0v) is 8.06. The molecule has 0 amide bonds. The molecule has 0 spiro atoms. The largest absolute Gasteiger partial charge is 0.465 e. The highest BCUT2D eigenvalue weighted by molar-refractivity contribution is 5.74. The third-order valence-corrected chi connectivity index (χ3v) is 2.50. The minimum Gasteiger partial charge on any atom is -0.465 e. The number of carbonyl (C=O) groups is 1. The molecule has 0 radical (unpaired) electrons. The summed E-state index contributed by atoms with van der Waals surface area (Å²) in [6.45, 7) is -5.09. The second-order valence-electron chi connectivity index (χ2n) is 3.45. The van der Waals surface area contributed by atoms with E-state index in [9.17, 15) is 4.79 Å². The molecule has 2 rings (SSSR count). The van der Waals surface area contributed by atoms with Gasteiger partial charge < -0.3 is 9.30 Å². The van der Waals surface area contributed by atoms with E-state index in [0.717, 1.165) is 10.9 Å². The lowest BCUT2D eigenvalue weighted by Gasteiger charge is -2.12. The maximum absolute atomic E-state index is 11.8. The third-order valence-electron chi connectivity index (χ3n) is 2.50. The Morgan fingerprint density at radius 1 is 1.87 bits per heavy atom. The number of carbonyl (C=O) groups excluding carboxylic acids is 1. The van der Waals surface area contributed by atoms with Gasteiger partial charge in [-0.05, 0) is 12.8 Å². The van der Waals surface area contributed by atoms with Gasteiger partial charge in [0.2, 0.25) is 0 Å². The van der Waals surface area contributed by atoms with Crippen LogP contribution in [0.4, 0.5) is 0 Å². The SMILES string of the molecule is [2H]C([2H])([2H])C[C@@H]1C(=O)OC[C@]1([2H])Cc1cncn1C([2H])([2H])[2H]. The molecule has 1 aliphatic heterocycles. The monoisotopic (exact) mass is 215 g/mol. The van der Waals surface area contributed by atoms with Crippen LogP contribution in [0.3, 0.4) is 0 Å². The molecule has 1 aromatic heterocycles. The molecular formula is C11H16N2O2. The van der Waals surface area contributed by atoms with E-state index in [2.05, 4.69) is 4.98 Å². The third kappa shape index (κ3) is 1.89. The molecule has 4 nitrogen and oxygen atoms in total. The van der Waals surface area contributed by atoms with Crippen LogP contribution in [0.2, 0.25) is 0 Å². The zero-order valence-electron chi connectivity index (χ0n) is 15.1. The van der Waals surface area contributed by atoms with Gasteiger partial charge in [-0.3, -0.25) is 4.79 Å². The number of hydrogen-bond acceptors (Lipinski definition) is 3. The van der Waals surface area contributed by atoms with E-state index in [1.165, 1.54) is 6.20 Å². The summed E-state index contributed by atoms with van der Waals surface area (Å²) in [6.07, 6.45) is 1.83. The second-order valence-corrected chi connectivity index (χ2v) is 3.45. The lowest BCUT2D eigenvalue weighted by atomic mass is 9.89. The highest BCUT2D eigenvalue weighted by Gasteiger charge is 2.35. The normalized spacial score (nSPS) is 39.1. The number of cyclic esters (lactones) is 1. The molecule has 4 heteroatoms. The highest BCUT2D eigenvalue weighted by atomic mass is 16.5. The lowest BCUT2D eigenvalue weighted by Crippen LogP contribution is -2.18. The van der Waals surface area contributed by atoms with Gasteiger partial charge in [-0.25, -0.2) is 4.98 Å². The van der Waals surface area contributed by atoms with Crippen LogP contribution in [0.1, 0.15) is 28.6 Å². The average Bonchev–Trinajstić information content (AvgIpc) is 2.88. The van der Waals surface area contributed by atoms with Gasteiger partial charge in [-0.1, -0.05) is 6.85 Å². The first kappa shape index (κ1) is 4.68. The number of esters is 1.